The molecule has 0 atom stereocenters. The van der Waals surface area contributed by atoms with Crippen LogP contribution in [-0.2, 0) is 11.2 Å². The van der Waals surface area contributed by atoms with Crippen molar-refractivity contribution in [3.8, 4) is 5.75 Å². The SMILES string of the molecule is COc1c(C)cc(F)cc1CC=O. The first-order chi connectivity index (χ1) is 6.19. The van der Waals surface area contributed by atoms with Crippen LogP contribution in [0.2, 0.25) is 0 Å². The van der Waals surface area contributed by atoms with E-state index < -0.39 is 0 Å². The summed E-state index contributed by atoms with van der Waals surface area (Å²) in [6.45, 7) is 1.75. The monoisotopic (exact) mass is 182 g/mol. The molecular formula is C10H11FO2. The van der Waals surface area contributed by atoms with Gasteiger partial charge in [0.25, 0.3) is 0 Å². The minimum absolute atomic E-state index is 0.182. The molecule has 0 aliphatic carbocycles. The molecule has 1 aromatic carbocycles. The topological polar surface area (TPSA) is 26.3 Å². The number of carbonyl (C=O) groups is 1. The van der Waals surface area contributed by atoms with E-state index in [1.807, 2.05) is 0 Å². The number of aryl methyl sites for hydroxylation is 1. The fourth-order valence-corrected chi connectivity index (χ4v) is 1.33. The maximum absolute atomic E-state index is 12.9. The predicted octanol–water partition coefficient (Wildman–Crippen LogP) is 1.88. The lowest BCUT2D eigenvalue weighted by molar-refractivity contribution is -0.107. The molecule has 0 aromatic heterocycles. The van der Waals surface area contributed by atoms with Crippen molar-refractivity contribution in [1.82, 2.24) is 0 Å². The molecule has 0 aliphatic heterocycles. The summed E-state index contributed by atoms with van der Waals surface area (Å²) in [4.78, 5) is 10.3. The summed E-state index contributed by atoms with van der Waals surface area (Å²) < 4.78 is 18.0. The molecule has 70 valence electrons. The lowest BCUT2D eigenvalue weighted by Gasteiger charge is -2.09. The van der Waals surface area contributed by atoms with E-state index in [2.05, 4.69) is 0 Å². The molecule has 0 radical (unpaired) electrons. The molecule has 0 N–H and O–H groups in total. The van der Waals surface area contributed by atoms with E-state index in [1.165, 1.54) is 19.2 Å². The van der Waals surface area contributed by atoms with Gasteiger partial charge in [-0.05, 0) is 24.6 Å². The molecule has 0 aliphatic rings. The largest absolute Gasteiger partial charge is 0.496 e. The van der Waals surface area contributed by atoms with Crippen LogP contribution in [0.3, 0.4) is 0 Å². The van der Waals surface area contributed by atoms with Crippen LogP contribution in [0.25, 0.3) is 0 Å². The summed E-state index contributed by atoms with van der Waals surface area (Å²) in [5.74, 6) is 0.253. The van der Waals surface area contributed by atoms with Gasteiger partial charge < -0.3 is 9.53 Å². The Morgan fingerprint density at radius 3 is 2.77 bits per heavy atom. The maximum Gasteiger partial charge on any atom is 0.125 e. The number of halogens is 1. The van der Waals surface area contributed by atoms with Gasteiger partial charge in [-0.3, -0.25) is 0 Å². The number of rotatable bonds is 3. The molecule has 0 saturated carbocycles. The molecule has 0 amide bonds. The quantitative estimate of drug-likeness (QED) is 0.667. The molecule has 1 aromatic rings. The average Bonchev–Trinajstić information content (AvgIpc) is 2.04. The van der Waals surface area contributed by atoms with Crippen molar-refractivity contribution in [2.75, 3.05) is 7.11 Å². The van der Waals surface area contributed by atoms with E-state index in [-0.39, 0.29) is 12.2 Å². The second-order valence-electron chi connectivity index (χ2n) is 2.79. The van der Waals surface area contributed by atoms with Gasteiger partial charge in [-0.1, -0.05) is 0 Å². The van der Waals surface area contributed by atoms with Crippen LogP contribution in [0, 0.1) is 12.7 Å². The Morgan fingerprint density at radius 1 is 1.54 bits per heavy atom. The Balaban J connectivity index is 3.20. The number of hydrogen-bond donors (Lipinski definition) is 0. The molecule has 0 saturated heterocycles. The molecule has 1 rings (SSSR count). The number of carbonyl (C=O) groups excluding carboxylic acids is 1. The van der Waals surface area contributed by atoms with Crippen molar-refractivity contribution >= 4 is 6.29 Å². The van der Waals surface area contributed by atoms with Gasteiger partial charge in [-0.15, -0.1) is 0 Å². The first-order valence-electron chi connectivity index (χ1n) is 3.95. The maximum atomic E-state index is 12.9. The van der Waals surface area contributed by atoms with Gasteiger partial charge in [-0.2, -0.15) is 0 Å². The first-order valence-corrected chi connectivity index (χ1v) is 3.95. The van der Waals surface area contributed by atoms with Crippen LogP contribution in [0.1, 0.15) is 11.1 Å². The van der Waals surface area contributed by atoms with Crippen LogP contribution in [0.15, 0.2) is 12.1 Å². The normalized spacial score (nSPS) is 9.77. The first kappa shape index (κ1) is 9.71. The van der Waals surface area contributed by atoms with Gasteiger partial charge in [0.15, 0.2) is 0 Å². The van der Waals surface area contributed by atoms with Gasteiger partial charge in [0.05, 0.1) is 7.11 Å². The van der Waals surface area contributed by atoms with Crippen molar-refractivity contribution in [2.24, 2.45) is 0 Å². The average molecular weight is 182 g/mol. The molecule has 0 spiro atoms. The van der Waals surface area contributed by atoms with Gasteiger partial charge in [-0.25, -0.2) is 4.39 Å². The fourth-order valence-electron chi connectivity index (χ4n) is 1.33. The van der Waals surface area contributed by atoms with E-state index in [1.54, 1.807) is 6.92 Å². The molecule has 13 heavy (non-hydrogen) atoms. The minimum atomic E-state index is -0.338. The highest BCUT2D eigenvalue weighted by molar-refractivity contribution is 5.58. The van der Waals surface area contributed by atoms with E-state index in [0.29, 0.717) is 16.9 Å². The van der Waals surface area contributed by atoms with E-state index >= 15 is 0 Å². The molecule has 0 fully saturated rings. The predicted molar refractivity (Wildman–Crippen MR) is 47.5 cm³/mol. The van der Waals surface area contributed by atoms with E-state index in [0.717, 1.165) is 6.29 Å². The van der Waals surface area contributed by atoms with Crippen molar-refractivity contribution in [3.05, 3.63) is 29.1 Å². The Kier molecular flexibility index (Phi) is 3.01. The highest BCUT2D eigenvalue weighted by atomic mass is 19.1. The third-order valence-electron chi connectivity index (χ3n) is 1.82. The summed E-state index contributed by atoms with van der Waals surface area (Å²) in [6.07, 6.45) is 0.915. The van der Waals surface area contributed by atoms with Crippen LogP contribution in [0.4, 0.5) is 4.39 Å². The van der Waals surface area contributed by atoms with Gasteiger partial charge in [0, 0.05) is 12.0 Å². The van der Waals surface area contributed by atoms with Gasteiger partial charge in [0.1, 0.15) is 17.9 Å². The third-order valence-corrected chi connectivity index (χ3v) is 1.82. The van der Waals surface area contributed by atoms with E-state index in [4.69, 9.17) is 4.74 Å². The number of aldehydes is 1. The van der Waals surface area contributed by atoms with Crippen molar-refractivity contribution < 1.29 is 13.9 Å². The zero-order chi connectivity index (χ0) is 9.84. The van der Waals surface area contributed by atoms with Crippen LogP contribution in [-0.4, -0.2) is 13.4 Å². The molecular weight excluding hydrogens is 171 g/mol. The molecule has 2 nitrogen and oxygen atoms in total. The zero-order valence-electron chi connectivity index (χ0n) is 7.63. The molecule has 3 heteroatoms. The standard InChI is InChI=1S/C10H11FO2/c1-7-5-9(11)6-8(3-4-12)10(7)13-2/h4-6H,3H2,1-2H3. The zero-order valence-corrected chi connectivity index (χ0v) is 7.63. The highest BCUT2D eigenvalue weighted by Crippen LogP contribution is 2.24. The minimum Gasteiger partial charge on any atom is -0.496 e. The third kappa shape index (κ3) is 2.05. The number of benzene rings is 1. The van der Waals surface area contributed by atoms with E-state index in [9.17, 15) is 9.18 Å². The number of ether oxygens (including phenoxy) is 1. The molecule has 0 unspecified atom stereocenters. The van der Waals surface area contributed by atoms with Crippen molar-refractivity contribution in [3.63, 3.8) is 0 Å². The molecule has 0 heterocycles. The Morgan fingerprint density at radius 2 is 2.23 bits per heavy atom. The number of hydrogen-bond acceptors (Lipinski definition) is 2. The fraction of sp³-hybridized carbons (Fsp3) is 0.300. The van der Waals surface area contributed by atoms with Gasteiger partial charge in [0.2, 0.25) is 0 Å². The second-order valence-corrected chi connectivity index (χ2v) is 2.79. The Labute approximate surface area is 76.3 Å². The summed E-state index contributed by atoms with van der Waals surface area (Å²) in [5.41, 5.74) is 1.30. The summed E-state index contributed by atoms with van der Waals surface area (Å²) in [6, 6.07) is 2.70. The van der Waals surface area contributed by atoms with Gasteiger partial charge >= 0.3 is 0 Å². The summed E-state index contributed by atoms with van der Waals surface area (Å²) in [7, 11) is 1.51. The summed E-state index contributed by atoms with van der Waals surface area (Å²) >= 11 is 0. The smallest absolute Gasteiger partial charge is 0.125 e. The van der Waals surface area contributed by atoms with Crippen molar-refractivity contribution in [1.29, 1.82) is 0 Å². The second kappa shape index (κ2) is 4.03. The lowest BCUT2D eigenvalue weighted by Crippen LogP contribution is -1.97. The number of methoxy groups -OCH3 is 1. The highest BCUT2D eigenvalue weighted by Gasteiger charge is 2.07. The Hall–Kier alpha value is -1.38. The van der Waals surface area contributed by atoms with Crippen LogP contribution < -0.4 is 4.74 Å². The van der Waals surface area contributed by atoms with Crippen LogP contribution in [0.5, 0.6) is 5.75 Å². The summed E-state index contributed by atoms with van der Waals surface area (Å²) in [5, 5.41) is 0. The van der Waals surface area contributed by atoms with Crippen LogP contribution >= 0.6 is 0 Å². The Bertz CT molecular complexity index is 321. The molecule has 0 bridgehead atoms. The lowest BCUT2D eigenvalue weighted by atomic mass is 10.1. The van der Waals surface area contributed by atoms with Crippen molar-refractivity contribution in [2.45, 2.75) is 13.3 Å².